The van der Waals surface area contributed by atoms with Gasteiger partial charge in [-0.05, 0) is 29.8 Å². The summed E-state index contributed by atoms with van der Waals surface area (Å²) in [4.78, 5) is 12.1. The van der Waals surface area contributed by atoms with Crippen molar-refractivity contribution in [1.29, 1.82) is 0 Å². The molecule has 110 valence electrons. The third-order valence-corrected chi connectivity index (χ3v) is 3.00. The molecule has 0 heterocycles. The van der Waals surface area contributed by atoms with E-state index in [4.69, 9.17) is 11.6 Å². The molecule has 0 saturated heterocycles. The van der Waals surface area contributed by atoms with Crippen LogP contribution >= 0.6 is 11.6 Å². The van der Waals surface area contributed by atoms with E-state index < -0.39 is 12.5 Å². The summed E-state index contributed by atoms with van der Waals surface area (Å²) < 4.78 is 29.0. The number of anilines is 1. The number of amides is 1. The van der Waals surface area contributed by atoms with E-state index in [0.29, 0.717) is 5.56 Å². The fourth-order valence-electron chi connectivity index (χ4n) is 1.76. The summed E-state index contributed by atoms with van der Waals surface area (Å²) in [5.74, 6) is -0.228. The highest BCUT2D eigenvalue weighted by Crippen LogP contribution is 2.26. The van der Waals surface area contributed by atoms with Crippen molar-refractivity contribution in [2.45, 2.75) is 12.5 Å². The molecule has 2 aromatic rings. The number of halogens is 3. The summed E-state index contributed by atoms with van der Waals surface area (Å²) in [5, 5.41) is 2.54. The molecule has 0 aromatic heterocycles. The van der Waals surface area contributed by atoms with Crippen LogP contribution in [0.25, 0.3) is 0 Å². The standard InChI is InChI=1S/C15H12ClF2NO2/c16-9-10-4-3-5-11(8-10)14(20)19-12-6-1-2-7-13(12)21-15(17)18/h1-8,15H,9H2,(H,19,20). The van der Waals surface area contributed by atoms with Crippen LogP contribution in [0.15, 0.2) is 48.5 Å². The molecule has 0 atom stereocenters. The monoisotopic (exact) mass is 311 g/mol. The van der Waals surface area contributed by atoms with Gasteiger partial charge in [-0.15, -0.1) is 11.6 Å². The molecule has 2 aromatic carbocycles. The number of carbonyl (C=O) groups excluding carboxylic acids is 1. The number of nitrogens with one attached hydrogen (secondary N) is 1. The van der Waals surface area contributed by atoms with Crippen molar-refractivity contribution < 1.29 is 18.3 Å². The maximum atomic E-state index is 12.3. The van der Waals surface area contributed by atoms with Crippen molar-refractivity contribution in [2.24, 2.45) is 0 Å². The van der Waals surface area contributed by atoms with Gasteiger partial charge in [0, 0.05) is 11.4 Å². The summed E-state index contributed by atoms with van der Waals surface area (Å²) in [6, 6.07) is 12.7. The second kappa shape index (κ2) is 7.04. The van der Waals surface area contributed by atoms with E-state index >= 15 is 0 Å². The van der Waals surface area contributed by atoms with E-state index in [1.807, 2.05) is 0 Å². The van der Waals surface area contributed by atoms with Crippen molar-refractivity contribution in [3.8, 4) is 5.75 Å². The van der Waals surface area contributed by atoms with Gasteiger partial charge < -0.3 is 10.1 Å². The normalized spacial score (nSPS) is 10.5. The molecule has 0 aliphatic carbocycles. The van der Waals surface area contributed by atoms with Crippen molar-refractivity contribution in [3.05, 3.63) is 59.7 Å². The molecule has 21 heavy (non-hydrogen) atoms. The minimum absolute atomic E-state index is 0.0886. The third-order valence-electron chi connectivity index (χ3n) is 2.69. The highest BCUT2D eigenvalue weighted by molar-refractivity contribution is 6.17. The van der Waals surface area contributed by atoms with Crippen molar-refractivity contribution in [3.63, 3.8) is 0 Å². The smallest absolute Gasteiger partial charge is 0.387 e. The molecule has 0 unspecified atom stereocenters. The molecule has 2 rings (SSSR count). The van der Waals surface area contributed by atoms with Gasteiger partial charge in [-0.2, -0.15) is 8.78 Å². The molecule has 0 spiro atoms. The van der Waals surface area contributed by atoms with E-state index in [-0.39, 0.29) is 17.3 Å². The van der Waals surface area contributed by atoms with Crippen molar-refractivity contribution in [2.75, 3.05) is 5.32 Å². The molecule has 1 N–H and O–H groups in total. The predicted molar refractivity (Wildman–Crippen MR) is 77.0 cm³/mol. The van der Waals surface area contributed by atoms with Crippen LogP contribution in [0, 0.1) is 0 Å². The fraction of sp³-hybridized carbons (Fsp3) is 0.133. The first-order valence-corrected chi connectivity index (χ1v) is 6.63. The Labute approximate surface area is 125 Å². The van der Waals surface area contributed by atoms with Crippen LogP contribution in [-0.2, 0) is 5.88 Å². The number of hydrogen-bond acceptors (Lipinski definition) is 2. The van der Waals surface area contributed by atoms with Gasteiger partial charge in [0.15, 0.2) is 0 Å². The molecule has 0 aliphatic heterocycles. The van der Waals surface area contributed by atoms with Crippen LogP contribution in [0.2, 0.25) is 0 Å². The van der Waals surface area contributed by atoms with Crippen LogP contribution in [0.1, 0.15) is 15.9 Å². The summed E-state index contributed by atoms with van der Waals surface area (Å²) in [6.07, 6.45) is 0. The highest BCUT2D eigenvalue weighted by Gasteiger charge is 2.12. The van der Waals surface area contributed by atoms with E-state index in [0.717, 1.165) is 5.56 Å². The first kappa shape index (κ1) is 15.3. The van der Waals surface area contributed by atoms with Crippen LogP contribution in [-0.4, -0.2) is 12.5 Å². The first-order valence-electron chi connectivity index (χ1n) is 6.10. The summed E-state index contributed by atoms with van der Waals surface area (Å²) >= 11 is 5.71. The lowest BCUT2D eigenvalue weighted by Crippen LogP contribution is -2.14. The Hall–Kier alpha value is -2.14. The second-order valence-electron chi connectivity index (χ2n) is 4.16. The Morgan fingerprint density at radius 2 is 1.95 bits per heavy atom. The van der Waals surface area contributed by atoms with E-state index in [1.54, 1.807) is 36.4 Å². The first-order chi connectivity index (χ1) is 10.1. The molecule has 3 nitrogen and oxygen atoms in total. The van der Waals surface area contributed by atoms with Crippen molar-refractivity contribution in [1.82, 2.24) is 0 Å². The maximum Gasteiger partial charge on any atom is 0.387 e. The number of ether oxygens (including phenoxy) is 1. The Balaban J connectivity index is 2.19. The fourth-order valence-corrected chi connectivity index (χ4v) is 1.93. The predicted octanol–water partition coefficient (Wildman–Crippen LogP) is 4.28. The second-order valence-corrected chi connectivity index (χ2v) is 4.43. The van der Waals surface area contributed by atoms with E-state index in [1.165, 1.54) is 12.1 Å². The highest BCUT2D eigenvalue weighted by atomic mass is 35.5. The molecule has 0 bridgehead atoms. The number of hydrogen-bond donors (Lipinski definition) is 1. The van der Waals surface area contributed by atoms with Crippen LogP contribution in [0.5, 0.6) is 5.75 Å². The van der Waals surface area contributed by atoms with Crippen LogP contribution < -0.4 is 10.1 Å². The van der Waals surface area contributed by atoms with E-state index in [2.05, 4.69) is 10.1 Å². The number of benzene rings is 2. The largest absolute Gasteiger partial charge is 0.433 e. The maximum absolute atomic E-state index is 12.3. The SMILES string of the molecule is O=C(Nc1ccccc1OC(F)F)c1cccc(CCl)c1. The van der Waals surface area contributed by atoms with Crippen LogP contribution in [0.4, 0.5) is 14.5 Å². The zero-order chi connectivity index (χ0) is 15.2. The molecular weight excluding hydrogens is 300 g/mol. The number of para-hydroxylation sites is 2. The summed E-state index contributed by atoms with van der Waals surface area (Å²) in [5.41, 5.74) is 1.36. The number of rotatable bonds is 5. The minimum Gasteiger partial charge on any atom is -0.433 e. The molecule has 1 amide bonds. The Morgan fingerprint density at radius 1 is 1.19 bits per heavy atom. The molecule has 0 aliphatic rings. The molecule has 0 fully saturated rings. The van der Waals surface area contributed by atoms with Gasteiger partial charge in [0.1, 0.15) is 5.75 Å². The van der Waals surface area contributed by atoms with Gasteiger partial charge in [0.2, 0.25) is 0 Å². The Kier molecular flexibility index (Phi) is 5.11. The number of alkyl halides is 3. The van der Waals surface area contributed by atoms with Gasteiger partial charge in [0.05, 0.1) is 5.69 Å². The quantitative estimate of drug-likeness (QED) is 0.837. The molecule has 0 radical (unpaired) electrons. The average molecular weight is 312 g/mol. The van der Waals surface area contributed by atoms with Gasteiger partial charge in [-0.1, -0.05) is 24.3 Å². The van der Waals surface area contributed by atoms with E-state index in [9.17, 15) is 13.6 Å². The molecule has 0 saturated carbocycles. The van der Waals surface area contributed by atoms with Gasteiger partial charge >= 0.3 is 6.61 Å². The van der Waals surface area contributed by atoms with Gasteiger partial charge in [-0.25, -0.2) is 0 Å². The lowest BCUT2D eigenvalue weighted by atomic mass is 10.1. The average Bonchev–Trinajstić information content (AvgIpc) is 2.48. The molecular formula is C15H12ClF2NO2. The number of carbonyl (C=O) groups is 1. The third kappa shape index (κ3) is 4.16. The zero-order valence-electron chi connectivity index (χ0n) is 10.9. The summed E-state index contributed by atoms with van der Waals surface area (Å²) in [7, 11) is 0. The summed E-state index contributed by atoms with van der Waals surface area (Å²) in [6.45, 7) is -2.96. The van der Waals surface area contributed by atoms with Crippen LogP contribution in [0.3, 0.4) is 0 Å². The Bertz CT molecular complexity index is 635. The zero-order valence-corrected chi connectivity index (χ0v) is 11.6. The molecule has 6 heteroatoms. The minimum atomic E-state index is -2.96. The lowest BCUT2D eigenvalue weighted by molar-refractivity contribution is -0.0493. The van der Waals surface area contributed by atoms with Gasteiger partial charge in [-0.3, -0.25) is 4.79 Å². The van der Waals surface area contributed by atoms with Crippen molar-refractivity contribution >= 4 is 23.2 Å². The lowest BCUT2D eigenvalue weighted by Gasteiger charge is -2.11. The van der Waals surface area contributed by atoms with Gasteiger partial charge in [0.25, 0.3) is 5.91 Å². The Morgan fingerprint density at radius 3 is 2.67 bits per heavy atom. The topological polar surface area (TPSA) is 38.3 Å².